The second kappa shape index (κ2) is 8.98. The van der Waals surface area contributed by atoms with E-state index in [4.69, 9.17) is 34.8 Å². The maximum Gasteiger partial charge on any atom is 0.183 e. The van der Waals surface area contributed by atoms with Gasteiger partial charge in [-0.1, -0.05) is 34.8 Å². The van der Waals surface area contributed by atoms with Crippen LogP contribution in [0.15, 0.2) is 18.6 Å². The molecule has 0 spiro atoms. The zero-order chi connectivity index (χ0) is 18.8. The Morgan fingerprint density at radius 2 is 0.926 bits per heavy atom. The largest absolute Gasteiger partial charge is 0.272 e. The Hall–Kier alpha value is -0.360. The van der Waals surface area contributed by atoms with Crippen LogP contribution in [0.1, 0.15) is 14.6 Å². The van der Waals surface area contributed by atoms with Gasteiger partial charge < -0.3 is 0 Å². The highest BCUT2D eigenvalue weighted by atomic mass is 35.5. The SMILES string of the molecule is Clc1ncc(CN2CN(Cc3cnc(Cl)s3)CN(Cc3cnc(Cl)s3)C2)s1. The summed E-state index contributed by atoms with van der Waals surface area (Å²) in [6, 6.07) is 0. The molecule has 0 N–H and O–H groups in total. The van der Waals surface area contributed by atoms with Gasteiger partial charge in [0.25, 0.3) is 0 Å². The van der Waals surface area contributed by atoms with Gasteiger partial charge in [-0.15, -0.1) is 34.0 Å². The Morgan fingerprint density at radius 1 is 0.630 bits per heavy atom. The van der Waals surface area contributed by atoms with Crippen LogP contribution in [-0.4, -0.2) is 49.7 Å². The molecule has 1 fully saturated rings. The fraction of sp³-hybridized carbons (Fsp3) is 0.400. The van der Waals surface area contributed by atoms with E-state index in [9.17, 15) is 0 Å². The van der Waals surface area contributed by atoms with E-state index < -0.39 is 0 Å². The topological polar surface area (TPSA) is 48.4 Å². The van der Waals surface area contributed by atoms with Crippen LogP contribution >= 0.6 is 68.8 Å². The first-order valence-corrected chi connectivity index (χ1v) is 11.6. The van der Waals surface area contributed by atoms with Crippen molar-refractivity contribution in [3.63, 3.8) is 0 Å². The normalized spacial score (nSPS) is 17.0. The minimum atomic E-state index is 0.578. The van der Waals surface area contributed by atoms with Crippen molar-refractivity contribution in [3.05, 3.63) is 46.6 Å². The molecule has 0 aromatic carbocycles. The second-order valence-electron chi connectivity index (χ2n) is 6.15. The molecule has 0 radical (unpaired) electrons. The third-order valence-corrected chi connectivity index (χ3v) is 7.21. The highest BCUT2D eigenvalue weighted by Gasteiger charge is 2.25. The molecule has 0 saturated carbocycles. The van der Waals surface area contributed by atoms with Crippen molar-refractivity contribution in [3.8, 4) is 0 Å². The van der Waals surface area contributed by atoms with Gasteiger partial charge in [-0.2, -0.15) is 0 Å². The van der Waals surface area contributed by atoms with Gasteiger partial charge in [-0.3, -0.25) is 14.7 Å². The maximum atomic E-state index is 5.99. The van der Waals surface area contributed by atoms with Crippen LogP contribution in [0.3, 0.4) is 0 Å². The number of thiazole rings is 3. The van der Waals surface area contributed by atoms with Crippen molar-refractivity contribution in [2.75, 3.05) is 20.0 Å². The van der Waals surface area contributed by atoms with Gasteiger partial charge in [0.15, 0.2) is 13.4 Å². The molecule has 144 valence electrons. The van der Waals surface area contributed by atoms with Crippen LogP contribution in [0, 0.1) is 0 Å². The minimum absolute atomic E-state index is 0.578. The zero-order valence-electron chi connectivity index (χ0n) is 14.0. The Kier molecular flexibility index (Phi) is 6.63. The molecule has 1 aliphatic heterocycles. The summed E-state index contributed by atoms with van der Waals surface area (Å²) in [4.78, 5) is 23.0. The van der Waals surface area contributed by atoms with E-state index in [2.05, 4.69) is 29.7 Å². The highest BCUT2D eigenvalue weighted by Crippen LogP contribution is 2.25. The van der Waals surface area contributed by atoms with Crippen LogP contribution in [0.2, 0.25) is 13.4 Å². The number of aromatic nitrogens is 3. The van der Waals surface area contributed by atoms with Gasteiger partial charge >= 0.3 is 0 Å². The molecule has 3 aromatic rings. The van der Waals surface area contributed by atoms with E-state index in [1.54, 1.807) is 0 Å². The first-order chi connectivity index (χ1) is 13.0. The lowest BCUT2D eigenvalue weighted by Gasteiger charge is -2.41. The quantitative estimate of drug-likeness (QED) is 0.508. The maximum absolute atomic E-state index is 5.99. The Morgan fingerprint density at radius 3 is 1.15 bits per heavy atom. The lowest BCUT2D eigenvalue weighted by molar-refractivity contribution is -0.0410. The standard InChI is InChI=1S/C15H15Cl3N6S3/c16-13-19-1-10(25-13)4-22-7-23(5-11-2-20-14(17)26-11)9-24(8-22)6-12-3-21-15(18)27-12/h1-3H,4-9H2. The number of nitrogens with zero attached hydrogens (tertiary/aromatic N) is 6. The third kappa shape index (κ3) is 5.59. The van der Waals surface area contributed by atoms with Crippen molar-refractivity contribution in [1.82, 2.24) is 29.7 Å². The molecule has 0 bridgehead atoms. The molecular formula is C15H15Cl3N6S3. The van der Waals surface area contributed by atoms with Crippen LogP contribution in [-0.2, 0) is 19.6 Å². The van der Waals surface area contributed by atoms with Gasteiger partial charge in [0.2, 0.25) is 0 Å². The molecule has 4 rings (SSSR count). The molecule has 1 saturated heterocycles. The van der Waals surface area contributed by atoms with Gasteiger partial charge in [-0.05, 0) is 0 Å². The Balaban J connectivity index is 1.46. The van der Waals surface area contributed by atoms with Crippen LogP contribution in [0.5, 0.6) is 0 Å². The number of halogens is 3. The summed E-state index contributed by atoms with van der Waals surface area (Å²) in [5.74, 6) is 0. The van der Waals surface area contributed by atoms with Crippen molar-refractivity contribution < 1.29 is 0 Å². The Bertz CT molecular complexity index is 776. The van der Waals surface area contributed by atoms with Gasteiger partial charge in [0, 0.05) is 52.9 Å². The lowest BCUT2D eigenvalue weighted by atomic mass is 10.4. The monoisotopic (exact) mass is 480 g/mol. The second-order valence-corrected chi connectivity index (χ2v) is 11.2. The summed E-state index contributed by atoms with van der Waals surface area (Å²) in [5, 5.41) is 0. The van der Waals surface area contributed by atoms with Crippen LogP contribution < -0.4 is 0 Å². The molecule has 1 aliphatic rings. The molecule has 6 nitrogen and oxygen atoms in total. The average molecular weight is 482 g/mol. The first-order valence-electron chi connectivity index (χ1n) is 8.01. The van der Waals surface area contributed by atoms with E-state index in [0.29, 0.717) is 13.4 Å². The smallest absolute Gasteiger partial charge is 0.183 e. The van der Waals surface area contributed by atoms with E-state index in [0.717, 1.165) is 54.3 Å². The molecular weight excluding hydrogens is 467 g/mol. The van der Waals surface area contributed by atoms with E-state index in [1.165, 1.54) is 34.0 Å². The molecule has 27 heavy (non-hydrogen) atoms. The van der Waals surface area contributed by atoms with E-state index >= 15 is 0 Å². The van der Waals surface area contributed by atoms with Crippen LogP contribution in [0.25, 0.3) is 0 Å². The summed E-state index contributed by atoms with van der Waals surface area (Å²) in [6.45, 7) is 4.99. The lowest BCUT2D eigenvalue weighted by Crippen LogP contribution is -2.53. The fourth-order valence-electron chi connectivity index (χ4n) is 3.01. The molecule has 4 heterocycles. The summed E-state index contributed by atoms with van der Waals surface area (Å²) in [7, 11) is 0. The minimum Gasteiger partial charge on any atom is -0.272 e. The molecule has 0 aliphatic carbocycles. The van der Waals surface area contributed by atoms with Gasteiger partial charge in [0.05, 0.1) is 20.0 Å². The summed E-state index contributed by atoms with van der Waals surface area (Å²) in [5.41, 5.74) is 0. The number of rotatable bonds is 6. The molecule has 0 amide bonds. The van der Waals surface area contributed by atoms with Crippen molar-refractivity contribution >= 4 is 68.8 Å². The van der Waals surface area contributed by atoms with Crippen molar-refractivity contribution in [2.24, 2.45) is 0 Å². The van der Waals surface area contributed by atoms with Crippen molar-refractivity contribution in [1.29, 1.82) is 0 Å². The average Bonchev–Trinajstić information content (AvgIpc) is 3.31. The highest BCUT2D eigenvalue weighted by molar-refractivity contribution is 7.16. The predicted octanol–water partition coefficient (Wildman–Crippen LogP) is 4.71. The van der Waals surface area contributed by atoms with Gasteiger partial charge in [0.1, 0.15) is 0 Å². The molecule has 0 unspecified atom stereocenters. The van der Waals surface area contributed by atoms with E-state index in [-0.39, 0.29) is 0 Å². The van der Waals surface area contributed by atoms with Crippen LogP contribution in [0.4, 0.5) is 0 Å². The van der Waals surface area contributed by atoms with Crippen molar-refractivity contribution in [2.45, 2.75) is 19.6 Å². The predicted molar refractivity (Wildman–Crippen MR) is 113 cm³/mol. The third-order valence-electron chi connectivity index (χ3n) is 3.91. The Labute approximate surface area is 183 Å². The molecule has 0 atom stereocenters. The zero-order valence-corrected chi connectivity index (χ0v) is 18.7. The number of hydrogen-bond donors (Lipinski definition) is 0. The van der Waals surface area contributed by atoms with Gasteiger partial charge in [-0.25, -0.2) is 15.0 Å². The van der Waals surface area contributed by atoms with E-state index in [1.807, 2.05) is 18.6 Å². The summed E-state index contributed by atoms with van der Waals surface area (Å²) >= 11 is 22.5. The summed E-state index contributed by atoms with van der Waals surface area (Å²) < 4.78 is 1.73. The fourth-order valence-corrected chi connectivity index (χ4v) is 6.08. The summed E-state index contributed by atoms with van der Waals surface area (Å²) in [6.07, 6.45) is 5.55. The molecule has 3 aromatic heterocycles. The number of hydrogen-bond acceptors (Lipinski definition) is 9. The molecule has 12 heteroatoms. The first kappa shape index (κ1) is 19.9.